The standard InChI is InChI=1S/C15H12Cl2N4O2/c16-12-2-1-11(13(17)7-12)8-20-21-14(22)9-19-15(23)10-3-5-18-6-4-10/h1-8H,9H2,(H,19,23)(H,21,22)/b20-8-. The fourth-order valence-corrected chi connectivity index (χ4v) is 2.04. The maximum Gasteiger partial charge on any atom is 0.259 e. The van der Waals surface area contributed by atoms with Crippen LogP contribution in [-0.4, -0.2) is 29.6 Å². The number of carbonyl (C=O) groups excluding carboxylic acids is 2. The molecule has 0 unspecified atom stereocenters. The Labute approximate surface area is 142 Å². The van der Waals surface area contributed by atoms with Gasteiger partial charge in [0.05, 0.1) is 17.8 Å². The Morgan fingerprint density at radius 3 is 2.61 bits per heavy atom. The molecule has 0 fully saturated rings. The van der Waals surface area contributed by atoms with E-state index in [1.165, 1.54) is 18.6 Å². The molecule has 23 heavy (non-hydrogen) atoms. The van der Waals surface area contributed by atoms with Crippen LogP contribution in [0.3, 0.4) is 0 Å². The Morgan fingerprint density at radius 2 is 1.91 bits per heavy atom. The summed E-state index contributed by atoms with van der Waals surface area (Å²) >= 11 is 11.7. The van der Waals surface area contributed by atoms with Gasteiger partial charge in [0.25, 0.3) is 11.8 Å². The zero-order valence-electron chi connectivity index (χ0n) is 11.8. The second kappa shape index (κ2) is 8.26. The lowest BCUT2D eigenvalue weighted by Crippen LogP contribution is -2.34. The molecule has 2 amide bonds. The van der Waals surface area contributed by atoms with Crippen LogP contribution in [0, 0.1) is 0 Å². The lowest BCUT2D eigenvalue weighted by atomic mass is 10.2. The molecule has 0 aliphatic rings. The Kier molecular flexibility index (Phi) is 6.08. The molecule has 1 aromatic carbocycles. The van der Waals surface area contributed by atoms with E-state index in [9.17, 15) is 9.59 Å². The monoisotopic (exact) mass is 350 g/mol. The summed E-state index contributed by atoms with van der Waals surface area (Å²) in [5, 5.41) is 7.17. The lowest BCUT2D eigenvalue weighted by molar-refractivity contribution is -0.120. The van der Waals surface area contributed by atoms with E-state index in [2.05, 4.69) is 20.8 Å². The molecule has 0 bridgehead atoms. The summed E-state index contributed by atoms with van der Waals surface area (Å²) in [5.74, 6) is -0.832. The molecule has 8 heteroatoms. The first-order valence-electron chi connectivity index (χ1n) is 6.51. The van der Waals surface area contributed by atoms with Crippen molar-refractivity contribution in [3.8, 4) is 0 Å². The summed E-state index contributed by atoms with van der Waals surface area (Å²) in [7, 11) is 0. The highest BCUT2D eigenvalue weighted by Gasteiger charge is 2.06. The van der Waals surface area contributed by atoms with E-state index in [0.717, 1.165) is 0 Å². The predicted octanol–water partition coefficient (Wildman–Crippen LogP) is 2.27. The zero-order chi connectivity index (χ0) is 16.7. The van der Waals surface area contributed by atoms with Crippen LogP contribution < -0.4 is 10.7 Å². The van der Waals surface area contributed by atoms with E-state index in [1.807, 2.05) is 0 Å². The number of hydrazone groups is 1. The molecule has 0 saturated carbocycles. The molecule has 2 N–H and O–H groups in total. The van der Waals surface area contributed by atoms with Crippen LogP contribution in [0.2, 0.25) is 10.0 Å². The van der Waals surface area contributed by atoms with Crippen LogP contribution in [0.4, 0.5) is 0 Å². The van der Waals surface area contributed by atoms with Gasteiger partial charge in [0, 0.05) is 28.5 Å². The Hall–Kier alpha value is -2.44. The molecular weight excluding hydrogens is 339 g/mol. The minimum absolute atomic E-state index is 0.202. The van der Waals surface area contributed by atoms with Crippen molar-refractivity contribution in [2.24, 2.45) is 5.10 Å². The molecule has 0 saturated heterocycles. The van der Waals surface area contributed by atoms with Gasteiger partial charge in [-0.25, -0.2) is 5.43 Å². The van der Waals surface area contributed by atoms with Crippen LogP contribution in [0.15, 0.2) is 47.8 Å². The highest BCUT2D eigenvalue weighted by Crippen LogP contribution is 2.19. The summed E-state index contributed by atoms with van der Waals surface area (Å²) in [4.78, 5) is 27.1. The highest BCUT2D eigenvalue weighted by atomic mass is 35.5. The molecule has 0 spiro atoms. The molecular formula is C15H12Cl2N4O2. The van der Waals surface area contributed by atoms with Gasteiger partial charge in [-0.1, -0.05) is 29.3 Å². The average Bonchev–Trinajstić information content (AvgIpc) is 2.55. The SMILES string of the molecule is O=C(CNC(=O)c1ccncc1)N/N=C\c1ccc(Cl)cc1Cl. The van der Waals surface area contributed by atoms with Crippen molar-refractivity contribution in [1.82, 2.24) is 15.7 Å². The topological polar surface area (TPSA) is 83.5 Å². The number of hydrogen-bond acceptors (Lipinski definition) is 4. The van der Waals surface area contributed by atoms with Crippen LogP contribution in [0.25, 0.3) is 0 Å². The summed E-state index contributed by atoms with van der Waals surface area (Å²) in [6, 6.07) is 8.00. The van der Waals surface area contributed by atoms with Gasteiger partial charge in [-0.05, 0) is 24.3 Å². The predicted molar refractivity (Wildman–Crippen MR) is 88.8 cm³/mol. The first-order chi connectivity index (χ1) is 11.1. The van der Waals surface area contributed by atoms with E-state index >= 15 is 0 Å². The van der Waals surface area contributed by atoms with Crippen molar-refractivity contribution in [2.45, 2.75) is 0 Å². The second-order valence-electron chi connectivity index (χ2n) is 4.38. The summed E-state index contributed by atoms with van der Waals surface area (Å²) < 4.78 is 0. The first kappa shape index (κ1) is 16.9. The Balaban J connectivity index is 1.81. The quantitative estimate of drug-likeness (QED) is 0.640. The summed E-state index contributed by atoms with van der Waals surface area (Å²) in [5.41, 5.74) is 3.32. The molecule has 0 aliphatic carbocycles. The van der Waals surface area contributed by atoms with Gasteiger partial charge in [0.15, 0.2) is 0 Å². The third kappa shape index (κ3) is 5.36. The number of aromatic nitrogens is 1. The van der Waals surface area contributed by atoms with E-state index in [-0.39, 0.29) is 12.5 Å². The summed E-state index contributed by atoms with van der Waals surface area (Å²) in [6.45, 7) is -0.202. The van der Waals surface area contributed by atoms with Crippen molar-refractivity contribution in [3.63, 3.8) is 0 Å². The number of hydrogen-bond donors (Lipinski definition) is 2. The molecule has 2 rings (SSSR count). The van der Waals surface area contributed by atoms with Gasteiger partial charge in [-0.3, -0.25) is 14.6 Å². The van der Waals surface area contributed by atoms with Crippen molar-refractivity contribution < 1.29 is 9.59 Å². The smallest absolute Gasteiger partial charge is 0.259 e. The van der Waals surface area contributed by atoms with Crippen molar-refractivity contribution in [1.29, 1.82) is 0 Å². The number of nitrogens with zero attached hydrogens (tertiary/aromatic N) is 2. The van der Waals surface area contributed by atoms with Crippen LogP contribution in [0.5, 0.6) is 0 Å². The van der Waals surface area contributed by atoms with Crippen LogP contribution in [-0.2, 0) is 4.79 Å². The van der Waals surface area contributed by atoms with Crippen molar-refractivity contribution in [3.05, 3.63) is 63.9 Å². The molecule has 118 valence electrons. The molecule has 2 aromatic rings. The number of halogens is 2. The van der Waals surface area contributed by atoms with Crippen molar-refractivity contribution in [2.75, 3.05) is 6.54 Å². The van der Waals surface area contributed by atoms with Gasteiger partial charge < -0.3 is 5.32 Å². The van der Waals surface area contributed by atoms with Gasteiger partial charge in [0.1, 0.15) is 0 Å². The maximum absolute atomic E-state index is 11.7. The van der Waals surface area contributed by atoms with E-state index in [4.69, 9.17) is 23.2 Å². The number of rotatable bonds is 5. The average molecular weight is 351 g/mol. The molecule has 6 nitrogen and oxygen atoms in total. The minimum atomic E-state index is -0.464. The largest absolute Gasteiger partial charge is 0.343 e. The highest BCUT2D eigenvalue weighted by molar-refractivity contribution is 6.36. The third-order valence-corrected chi connectivity index (χ3v) is 3.27. The van der Waals surface area contributed by atoms with Gasteiger partial charge in [0.2, 0.25) is 0 Å². The van der Waals surface area contributed by atoms with Gasteiger partial charge >= 0.3 is 0 Å². The second-order valence-corrected chi connectivity index (χ2v) is 5.22. The number of benzene rings is 1. The number of amides is 2. The number of carbonyl (C=O) groups is 2. The molecule has 1 heterocycles. The molecule has 1 aromatic heterocycles. The van der Waals surface area contributed by atoms with Gasteiger partial charge in [-0.2, -0.15) is 5.10 Å². The Bertz CT molecular complexity index is 736. The van der Waals surface area contributed by atoms with E-state index in [0.29, 0.717) is 21.2 Å². The molecule has 0 radical (unpaired) electrons. The van der Waals surface area contributed by atoms with Gasteiger partial charge in [-0.15, -0.1) is 0 Å². The number of pyridine rings is 1. The minimum Gasteiger partial charge on any atom is -0.343 e. The first-order valence-corrected chi connectivity index (χ1v) is 7.27. The summed E-state index contributed by atoms with van der Waals surface area (Å²) in [6.07, 6.45) is 4.38. The number of nitrogens with one attached hydrogen (secondary N) is 2. The van der Waals surface area contributed by atoms with E-state index in [1.54, 1.807) is 30.3 Å². The zero-order valence-corrected chi connectivity index (χ0v) is 13.3. The fraction of sp³-hybridized carbons (Fsp3) is 0.0667. The normalized spacial score (nSPS) is 10.5. The van der Waals surface area contributed by atoms with Crippen molar-refractivity contribution >= 4 is 41.2 Å². The molecule has 0 atom stereocenters. The van der Waals surface area contributed by atoms with Crippen LogP contribution >= 0.6 is 23.2 Å². The third-order valence-electron chi connectivity index (χ3n) is 2.71. The van der Waals surface area contributed by atoms with E-state index < -0.39 is 5.91 Å². The molecule has 0 aliphatic heterocycles. The fourth-order valence-electron chi connectivity index (χ4n) is 1.59. The van der Waals surface area contributed by atoms with Crippen LogP contribution in [0.1, 0.15) is 15.9 Å². The Morgan fingerprint density at radius 1 is 1.17 bits per heavy atom. The maximum atomic E-state index is 11.7. The lowest BCUT2D eigenvalue weighted by Gasteiger charge is -2.04.